The van der Waals surface area contributed by atoms with Crippen molar-refractivity contribution in [2.24, 2.45) is 0 Å². The van der Waals surface area contributed by atoms with E-state index in [0.29, 0.717) is 18.0 Å². The third-order valence-electron chi connectivity index (χ3n) is 2.95. The van der Waals surface area contributed by atoms with Crippen LogP contribution in [0.15, 0.2) is 29.1 Å². The molecule has 3 rings (SSSR count). The molecule has 0 radical (unpaired) electrons. The summed E-state index contributed by atoms with van der Waals surface area (Å²) in [6.45, 7) is 1.95. The molecule has 1 N–H and O–H groups in total. The minimum absolute atomic E-state index is 0.173. The van der Waals surface area contributed by atoms with Crippen LogP contribution < -0.4 is 11.1 Å². The van der Waals surface area contributed by atoms with Gasteiger partial charge in [0.2, 0.25) is 5.78 Å². The van der Waals surface area contributed by atoms with Gasteiger partial charge in [0.05, 0.1) is 11.0 Å². The third-order valence-corrected chi connectivity index (χ3v) is 2.95. The van der Waals surface area contributed by atoms with Gasteiger partial charge in [0.25, 0.3) is 0 Å². The summed E-state index contributed by atoms with van der Waals surface area (Å²) < 4.78 is 2.96. The molecule has 6 heteroatoms. The minimum Gasteiger partial charge on any atom is -0.323 e. The minimum atomic E-state index is -0.173. The van der Waals surface area contributed by atoms with E-state index in [9.17, 15) is 4.79 Å². The van der Waals surface area contributed by atoms with Crippen molar-refractivity contribution in [2.75, 3.05) is 12.5 Å². The van der Waals surface area contributed by atoms with Gasteiger partial charge < -0.3 is 5.43 Å². The van der Waals surface area contributed by atoms with Gasteiger partial charge in [0.1, 0.15) is 5.82 Å². The Kier molecular flexibility index (Phi) is 2.29. The van der Waals surface area contributed by atoms with Crippen LogP contribution in [0.2, 0.25) is 0 Å². The predicted molar refractivity (Wildman–Crippen MR) is 69.4 cm³/mol. The number of fused-ring (bicyclic) bond motifs is 3. The predicted octanol–water partition coefficient (Wildman–Crippen LogP) is 0.780. The highest BCUT2D eigenvalue weighted by Crippen LogP contribution is 2.12. The lowest BCUT2D eigenvalue weighted by Gasteiger charge is -2.09. The smallest absolute Gasteiger partial charge is 0.323 e. The van der Waals surface area contributed by atoms with E-state index in [1.54, 1.807) is 7.05 Å². The molecule has 2 aromatic heterocycles. The fourth-order valence-corrected chi connectivity index (χ4v) is 2.11. The fraction of sp³-hybridized carbons (Fsp3) is 0.250. The number of nitrogens with zero attached hydrogens (tertiary/aromatic N) is 4. The lowest BCUT2D eigenvalue weighted by atomic mass is 10.3. The molecule has 0 saturated carbocycles. The van der Waals surface area contributed by atoms with E-state index >= 15 is 0 Å². The van der Waals surface area contributed by atoms with Crippen molar-refractivity contribution < 1.29 is 0 Å². The Morgan fingerprint density at radius 1 is 1.28 bits per heavy atom. The van der Waals surface area contributed by atoms with Gasteiger partial charge in [-0.15, -0.1) is 0 Å². The summed E-state index contributed by atoms with van der Waals surface area (Å²) >= 11 is 0. The first kappa shape index (κ1) is 10.8. The Morgan fingerprint density at radius 2 is 2.06 bits per heavy atom. The Morgan fingerprint density at radius 3 is 2.78 bits per heavy atom. The third kappa shape index (κ3) is 1.32. The highest BCUT2D eigenvalue weighted by atomic mass is 16.2. The Bertz CT molecular complexity index is 786. The highest BCUT2D eigenvalue weighted by Gasteiger charge is 2.12. The summed E-state index contributed by atoms with van der Waals surface area (Å²) in [5, 5.41) is 0. The number of aromatic nitrogens is 4. The summed E-state index contributed by atoms with van der Waals surface area (Å²) in [5.74, 6) is 1.12. The number of hydrogen-bond donors (Lipinski definition) is 1. The molecular weight excluding hydrogens is 230 g/mol. The number of hydrogen-bond acceptors (Lipinski definition) is 4. The van der Waals surface area contributed by atoms with Crippen LogP contribution in [0, 0.1) is 0 Å². The van der Waals surface area contributed by atoms with Crippen molar-refractivity contribution in [1.82, 2.24) is 19.0 Å². The first-order valence-corrected chi connectivity index (χ1v) is 5.83. The Balaban J connectivity index is 2.55. The van der Waals surface area contributed by atoms with Crippen molar-refractivity contribution in [1.29, 1.82) is 0 Å². The topological polar surface area (TPSA) is 64.2 Å². The van der Waals surface area contributed by atoms with Crippen molar-refractivity contribution >= 4 is 16.8 Å². The van der Waals surface area contributed by atoms with Crippen LogP contribution in [0.4, 0.5) is 0 Å². The van der Waals surface area contributed by atoms with E-state index in [2.05, 4.69) is 15.4 Å². The summed E-state index contributed by atoms with van der Waals surface area (Å²) in [7, 11) is 1.70. The maximum absolute atomic E-state index is 12.4. The molecule has 0 bridgehead atoms. The molecular formula is C12H13N5O. The van der Waals surface area contributed by atoms with Gasteiger partial charge >= 0.3 is 5.69 Å². The van der Waals surface area contributed by atoms with Gasteiger partial charge in [-0.25, -0.2) is 14.2 Å². The van der Waals surface area contributed by atoms with E-state index in [1.165, 1.54) is 9.08 Å². The number of para-hydroxylation sites is 2. The van der Waals surface area contributed by atoms with Gasteiger partial charge in [-0.05, 0) is 12.1 Å². The lowest BCUT2D eigenvalue weighted by molar-refractivity contribution is 0.708. The molecule has 18 heavy (non-hydrogen) atoms. The van der Waals surface area contributed by atoms with Gasteiger partial charge in [-0.3, -0.25) is 0 Å². The molecule has 0 aliphatic carbocycles. The second-order valence-corrected chi connectivity index (χ2v) is 3.96. The molecule has 0 atom stereocenters. The second-order valence-electron chi connectivity index (χ2n) is 3.96. The summed E-state index contributed by atoms with van der Waals surface area (Å²) in [6.07, 6.45) is 0.662. The summed E-state index contributed by atoms with van der Waals surface area (Å²) in [4.78, 5) is 21.2. The second kappa shape index (κ2) is 3.83. The number of imidazole rings is 1. The number of benzene rings is 1. The van der Waals surface area contributed by atoms with Crippen LogP contribution in [0.3, 0.4) is 0 Å². The molecule has 0 saturated heterocycles. The normalized spacial score (nSPS) is 11.2. The van der Waals surface area contributed by atoms with Crippen LogP contribution in [-0.2, 0) is 6.42 Å². The molecule has 0 aliphatic rings. The van der Waals surface area contributed by atoms with Crippen molar-refractivity contribution in [3.05, 3.63) is 40.6 Å². The average Bonchev–Trinajstić information content (AvgIpc) is 2.76. The van der Waals surface area contributed by atoms with E-state index in [1.807, 2.05) is 31.2 Å². The van der Waals surface area contributed by atoms with Crippen molar-refractivity contribution in [3.8, 4) is 0 Å². The molecule has 0 spiro atoms. The largest absolute Gasteiger partial charge is 0.355 e. The molecule has 0 unspecified atom stereocenters. The van der Waals surface area contributed by atoms with E-state index in [4.69, 9.17) is 0 Å². The zero-order valence-corrected chi connectivity index (χ0v) is 10.2. The molecule has 0 aliphatic heterocycles. The fourth-order valence-electron chi connectivity index (χ4n) is 2.11. The molecule has 2 heterocycles. The van der Waals surface area contributed by atoms with Crippen molar-refractivity contribution in [3.63, 3.8) is 0 Å². The molecule has 6 nitrogen and oxygen atoms in total. The van der Waals surface area contributed by atoms with Gasteiger partial charge in [0.15, 0.2) is 0 Å². The molecule has 0 fully saturated rings. The van der Waals surface area contributed by atoms with Gasteiger partial charge in [0, 0.05) is 13.5 Å². The summed E-state index contributed by atoms with van der Waals surface area (Å²) in [5.41, 5.74) is 4.23. The number of nitrogens with one attached hydrogen (secondary N) is 1. The maximum Gasteiger partial charge on any atom is 0.355 e. The zero-order valence-electron chi connectivity index (χ0n) is 10.2. The lowest BCUT2D eigenvalue weighted by Crippen LogP contribution is -2.35. The van der Waals surface area contributed by atoms with Crippen LogP contribution >= 0.6 is 0 Å². The van der Waals surface area contributed by atoms with Crippen molar-refractivity contribution in [2.45, 2.75) is 13.3 Å². The number of rotatable bonds is 2. The summed E-state index contributed by atoms with van der Waals surface area (Å²) in [6, 6.07) is 7.52. The number of aryl methyl sites for hydroxylation is 1. The standard InChI is InChI=1S/C12H13N5O/c1-3-10-15-11-14-8-6-4-5-7-9(8)16(11)12(18)17(10)13-2/h4-7,13H,3H2,1-2H3. The average molecular weight is 243 g/mol. The van der Waals surface area contributed by atoms with E-state index in [0.717, 1.165) is 11.0 Å². The highest BCUT2D eigenvalue weighted by molar-refractivity contribution is 5.79. The zero-order chi connectivity index (χ0) is 12.7. The maximum atomic E-state index is 12.4. The Labute approximate surface area is 103 Å². The molecule has 3 aromatic rings. The SMILES string of the molecule is CCc1nc2nc3ccccc3n2c(=O)n1NC. The van der Waals surface area contributed by atoms with Crippen LogP contribution in [-0.4, -0.2) is 26.1 Å². The van der Waals surface area contributed by atoms with Gasteiger partial charge in [-0.2, -0.15) is 9.66 Å². The Hall–Kier alpha value is -2.37. The van der Waals surface area contributed by atoms with Gasteiger partial charge in [-0.1, -0.05) is 19.1 Å². The van der Waals surface area contributed by atoms with Crippen LogP contribution in [0.25, 0.3) is 16.8 Å². The van der Waals surface area contributed by atoms with Crippen LogP contribution in [0.5, 0.6) is 0 Å². The molecule has 1 aromatic carbocycles. The molecule has 0 amide bonds. The van der Waals surface area contributed by atoms with E-state index in [-0.39, 0.29) is 5.69 Å². The van der Waals surface area contributed by atoms with Crippen LogP contribution in [0.1, 0.15) is 12.7 Å². The first-order valence-electron chi connectivity index (χ1n) is 5.83. The monoisotopic (exact) mass is 243 g/mol. The first-order chi connectivity index (χ1) is 8.76. The quantitative estimate of drug-likeness (QED) is 0.722. The van der Waals surface area contributed by atoms with E-state index < -0.39 is 0 Å². The molecule has 92 valence electrons.